The summed E-state index contributed by atoms with van der Waals surface area (Å²) >= 11 is 0. The number of rotatable bonds is 7. The van der Waals surface area contributed by atoms with E-state index < -0.39 is 17.6 Å². The van der Waals surface area contributed by atoms with Crippen molar-refractivity contribution in [1.82, 2.24) is 19.8 Å². The second-order valence-electron chi connectivity index (χ2n) is 10.3. The molecule has 0 unspecified atom stereocenters. The molecule has 1 amide bonds. The standard InChI is InChI=1S/C28H34F4N6O2/c1-3-24(39)36-13-15-37(16-14-36)26-20-10-12-38(23-9-5-8-21(29)25(23)28(30,31)32)17-22(20)33-27(34-26)40-18-19-7-6-11-35(19)4-2/h3,5,8-9,19H,1,4,6-7,10-18H2,2H3/t19-/m0/s1. The average Bonchev–Trinajstić information content (AvgIpc) is 3.42. The molecule has 3 aliphatic heterocycles. The molecule has 0 spiro atoms. The van der Waals surface area contributed by atoms with E-state index in [1.54, 1.807) is 4.90 Å². The molecule has 40 heavy (non-hydrogen) atoms. The van der Waals surface area contributed by atoms with Gasteiger partial charge < -0.3 is 19.4 Å². The highest BCUT2D eigenvalue weighted by molar-refractivity contribution is 5.87. The molecular formula is C28H34F4N6O2. The molecule has 1 aromatic carbocycles. The topological polar surface area (TPSA) is 65.0 Å². The van der Waals surface area contributed by atoms with E-state index in [4.69, 9.17) is 9.72 Å². The number of anilines is 2. The third kappa shape index (κ3) is 5.72. The number of benzene rings is 1. The molecule has 216 valence electrons. The number of hydrogen-bond acceptors (Lipinski definition) is 7. The Bertz CT molecular complexity index is 1250. The van der Waals surface area contributed by atoms with Crippen molar-refractivity contribution < 1.29 is 27.1 Å². The highest BCUT2D eigenvalue weighted by Crippen LogP contribution is 2.40. The molecule has 1 aromatic heterocycles. The Labute approximate surface area is 231 Å². The quantitative estimate of drug-likeness (QED) is 0.375. The molecule has 5 rings (SSSR count). The van der Waals surface area contributed by atoms with Crippen molar-refractivity contribution in [3.05, 3.63) is 53.5 Å². The van der Waals surface area contributed by atoms with Crippen LogP contribution in [0.25, 0.3) is 0 Å². The first-order valence-corrected chi connectivity index (χ1v) is 13.7. The molecule has 4 heterocycles. The third-order valence-corrected chi connectivity index (χ3v) is 8.01. The van der Waals surface area contributed by atoms with Crippen molar-refractivity contribution in [3.63, 3.8) is 0 Å². The van der Waals surface area contributed by atoms with Crippen molar-refractivity contribution in [2.45, 2.75) is 44.9 Å². The largest absolute Gasteiger partial charge is 0.462 e. The fourth-order valence-electron chi connectivity index (χ4n) is 5.92. The summed E-state index contributed by atoms with van der Waals surface area (Å²) in [6.07, 6.45) is -1.04. The predicted molar refractivity (Wildman–Crippen MR) is 143 cm³/mol. The third-order valence-electron chi connectivity index (χ3n) is 8.01. The van der Waals surface area contributed by atoms with Crippen LogP contribution in [-0.2, 0) is 23.9 Å². The van der Waals surface area contributed by atoms with Gasteiger partial charge >= 0.3 is 12.2 Å². The second kappa shape index (κ2) is 11.6. The molecule has 2 saturated heterocycles. The fraction of sp³-hybridized carbons (Fsp3) is 0.536. The first-order valence-electron chi connectivity index (χ1n) is 13.7. The lowest BCUT2D eigenvalue weighted by Gasteiger charge is -2.38. The molecule has 0 bridgehead atoms. The molecule has 0 radical (unpaired) electrons. The first-order chi connectivity index (χ1) is 19.2. The molecule has 1 atom stereocenters. The minimum Gasteiger partial charge on any atom is -0.462 e. The lowest BCUT2D eigenvalue weighted by Crippen LogP contribution is -2.49. The molecule has 0 N–H and O–H groups in total. The van der Waals surface area contributed by atoms with E-state index in [2.05, 4.69) is 28.3 Å². The van der Waals surface area contributed by atoms with Gasteiger partial charge in [0.15, 0.2) is 0 Å². The minimum atomic E-state index is -4.83. The molecule has 2 fully saturated rings. The summed E-state index contributed by atoms with van der Waals surface area (Å²) in [5.41, 5.74) is -0.0740. The van der Waals surface area contributed by atoms with Crippen molar-refractivity contribution in [2.24, 2.45) is 0 Å². The number of carbonyl (C=O) groups is 1. The number of hydrogen-bond donors (Lipinski definition) is 0. The number of nitrogens with zero attached hydrogens (tertiary/aromatic N) is 6. The van der Waals surface area contributed by atoms with E-state index in [9.17, 15) is 22.4 Å². The van der Waals surface area contributed by atoms with Crippen molar-refractivity contribution in [2.75, 3.05) is 62.2 Å². The van der Waals surface area contributed by atoms with Crippen LogP contribution in [0.2, 0.25) is 0 Å². The van der Waals surface area contributed by atoms with Gasteiger partial charge in [0.2, 0.25) is 5.91 Å². The molecule has 2 aromatic rings. The van der Waals surface area contributed by atoms with E-state index in [1.807, 2.05) is 0 Å². The molecule has 0 aliphatic carbocycles. The zero-order valence-corrected chi connectivity index (χ0v) is 22.6. The van der Waals surface area contributed by atoms with Gasteiger partial charge in [-0.2, -0.15) is 23.1 Å². The number of alkyl halides is 3. The summed E-state index contributed by atoms with van der Waals surface area (Å²) in [6.45, 7) is 10.4. The van der Waals surface area contributed by atoms with Crippen molar-refractivity contribution >= 4 is 17.4 Å². The van der Waals surface area contributed by atoms with Gasteiger partial charge in [0.25, 0.3) is 0 Å². The Morgan fingerprint density at radius 1 is 1.12 bits per heavy atom. The SMILES string of the molecule is C=CC(=O)N1CCN(c2nc(OC[C@@H]3CCCN3CC)nc3c2CCN(c2cccc(F)c2C(F)(F)F)C3)CC1. The number of piperazine rings is 1. The average molecular weight is 563 g/mol. The van der Waals surface area contributed by atoms with E-state index in [0.29, 0.717) is 50.7 Å². The Hall–Kier alpha value is -3.41. The zero-order valence-electron chi connectivity index (χ0n) is 22.6. The van der Waals surface area contributed by atoms with Crippen molar-refractivity contribution in [3.8, 4) is 6.01 Å². The summed E-state index contributed by atoms with van der Waals surface area (Å²) in [5.74, 6) is -0.747. The van der Waals surface area contributed by atoms with Gasteiger partial charge in [0.1, 0.15) is 23.8 Å². The molecule has 0 saturated carbocycles. The Kier molecular flexibility index (Phi) is 8.16. The van der Waals surface area contributed by atoms with Crippen LogP contribution in [-0.4, -0.2) is 84.1 Å². The van der Waals surface area contributed by atoms with Crippen molar-refractivity contribution in [1.29, 1.82) is 0 Å². The molecule has 12 heteroatoms. The number of carbonyl (C=O) groups excluding carboxylic acids is 1. The lowest BCUT2D eigenvalue weighted by molar-refractivity contribution is -0.139. The smallest absolute Gasteiger partial charge is 0.421 e. The molecule has 3 aliphatic rings. The van der Waals surface area contributed by atoms with Crippen LogP contribution in [0.15, 0.2) is 30.9 Å². The van der Waals surface area contributed by atoms with Gasteiger partial charge in [0, 0.05) is 44.3 Å². The maximum Gasteiger partial charge on any atom is 0.421 e. The van der Waals surface area contributed by atoms with Gasteiger partial charge in [-0.05, 0) is 50.6 Å². The number of amides is 1. The van der Waals surface area contributed by atoms with Crippen LogP contribution in [0.3, 0.4) is 0 Å². The number of likely N-dealkylation sites (N-methyl/N-ethyl adjacent to an activating group) is 1. The van der Waals surface area contributed by atoms with E-state index in [-0.39, 0.29) is 36.7 Å². The highest BCUT2D eigenvalue weighted by Gasteiger charge is 2.39. The summed E-state index contributed by atoms with van der Waals surface area (Å²) in [7, 11) is 0. The van der Waals surface area contributed by atoms with Crippen LogP contribution in [0, 0.1) is 5.82 Å². The number of likely N-dealkylation sites (tertiary alicyclic amines) is 1. The maximum absolute atomic E-state index is 14.4. The van der Waals surface area contributed by atoms with Gasteiger partial charge in [0.05, 0.1) is 17.9 Å². The van der Waals surface area contributed by atoms with E-state index in [1.165, 1.54) is 23.1 Å². The van der Waals surface area contributed by atoms with Gasteiger partial charge in [-0.25, -0.2) is 4.39 Å². The summed E-state index contributed by atoms with van der Waals surface area (Å²) in [4.78, 5) is 29.2. The Morgan fingerprint density at radius 2 is 1.90 bits per heavy atom. The predicted octanol–water partition coefficient (Wildman–Crippen LogP) is 3.89. The van der Waals surface area contributed by atoms with E-state index >= 15 is 0 Å². The van der Waals surface area contributed by atoms with Crippen LogP contribution in [0.4, 0.5) is 29.1 Å². The van der Waals surface area contributed by atoms with Crippen LogP contribution >= 0.6 is 0 Å². The normalized spacial score (nSPS) is 20.0. The number of halogens is 4. The summed E-state index contributed by atoms with van der Waals surface area (Å²) in [6, 6.07) is 3.85. The monoisotopic (exact) mass is 562 g/mol. The maximum atomic E-state index is 14.4. The number of fused-ring (bicyclic) bond motifs is 1. The number of aromatic nitrogens is 2. The highest BCUT2D eigenvalue weighted by atomic mass is 19.4. The lowest BCUT2D eigenvalue weighted by atomic mass is 10.0. The summed E-state index contributed by atoms with van der Waals surface area (Å²) < 4.78 is 61.9. The zero-order chi connectivity index (χ0) is 28.4. The molecule has 8 nitrogen and oxygen atoms in total. The van der Waals surface area contributed by atoms with Gasteiger partial charge in [-0.15, -0.1) is 0 Å². The first kappa shape index (κ1) is 28.1. The van der Waals surface area contributed by atoms with Crippen LogP contribution < -0.4 is 14.5 Å². The number of ether oxygens (including phenoxy) is 1. The fourth-order valence-corrected chi connectivity index (χ4v) is 5.92. The Balaban J connectivity index is 1.45. The van der Waals surface area contributed by atoms with Crippen LogP contribution in [0.1, 0.15) is 36.6 Å². The second-order valence-corrected chi connectivity index (χ2v) is 10.3. The summed E-state index contributed by atoms with van der Waals surface area (Å²) in [5, 5.41) is 0. The minimum absolute atomic E-state index is 0.0627. The van der Waals surface area contributed by atoms with Gasteiger partial charge in [-0.1, -0.05) is 19.6 Å². The van der Waals surface area contributed by atoms with E-state index in [0.717, 1.165) is 37.6 Å². The van der Waals surface area contributed by atoms with Crippen LogP contribution in [0.5, 0.6) is 6.01 Å². The van der Waals surface area contributed by atoms with Gasteiger partial charge in [-0.3, -0.25) is 9.69 Å². The molecular weight excluding hydrogens is 528 g/mol. The Morgan fingerprint density at radius 3 is 2.60 bits per heavy atom.